The minimum atomic E-state index is -4.64. The summed E-state index contributed by atoms with van der Waals surface area (Å²) >= 11 is 0. The van der Waals surface area contributed by atoms with Gasteiger partial charge in [0.05, 0.1) is 5.56 Å². The van der Waals surface area contributed by atoms with Gasteiger partial charge in [-0.25, -0.2) is 4.39 Å². The van der Waals surface area contributed by atoms with Crippen LogP contribution in [-0.2, 0) is 30.4 Å². The van der Waals surface area contributed by atoms with Crippen LogP contribution in [0.15, 0.2) is 42.5 Å². The summed E-state index contributed by atoms with van der Waals surface area (Å²) in [6, 6.07) is 10.3. The molecule has 1 heterocycles. The van der Waals surface area contributed by atoms with E-state index in [0.717, 1.165) is 36.3 Å². The molecule has 2 N–H and O–H groups in total. The van der Waals surface area contributed by atoms with Crippen molar-refractivity contribution in [1.82, 2.24) is 15.5 Å². The average Bonchev–Trinajstić information content (AvgIpc) is 3.12. The molecule has 1 aliphatic carbocycles. The Bertz CT molecular complexity index is 924. The highest BCUT2D eigenvalue weighted by Gasteiger charge is 2.48. The van der Waals surface area contributed by atoms with Crippen molar-refractivity contribution in [1.29, 1.82) is 0 Å². The number of carbonyl (C=O) groups is 1. The number of benzene rings is 2. The number of alkyl halides is 3. The summed E-state index contributed by atoms with van der Waals surface area (Å²) in [5, 5.41) is 6.06. The molecule has 0 radical (unpaired) electrons. The lowest BCUT2D eigenvalue weighted by Crippen LogP contribution is -2.63. The van der Waals surface area contributed by atoms with E-state index in [9.17, 15) is 22.4 Å². The molecule has 10 heteroatoms. The molecule has 0 saturated carbocycles. The molecule has 1 amide bonds. The fourth-order valence-electron chi connectivity index (χ4n) is 4.48. The molecule has 0 spiro atoms. The van der Waals surface area contributed by atoms with Gasteiger partial charge in [0.25, 0.3) is 0 Å². The van der Waals surface area contributed by atoms with Crippen LogP contribution in [0.5, 0.6) is 0 Å². The van der Waals surface area contributed by atoms with Gasteiger partial charge >= 0.3 is 6.18 Å². The molecule has 1 aliphatic heterocycles. The predicted molar refractivity (Wildman–Crippen MR) is 119 cm³/mol. The molecule has 2 aliphatic rings. The molecule has 0 bridgehead atoms. The van der Waals surface area contributed by atoms with Gasteiger partial charge in [0.2, 0.25) is 5.91 Å². The Balaban J connectivity index is 0.00000181. The number of rotatable bonds is 4. The van der Waals surface area contributed by atoms with E-state index >= 15 is 0 Å². The lowest BCUT2D eigenvalue weighted by molar-refractivity contribution is -0.137. The van der Waals surface area contributed by atoms with Gasteiger partial charge in [-0.2, -0.15) is 13.2 Å². The number of nitrogens with one attached hydrogen (secondary N) is 2. The van der Waals surface area contributed by atoms with Crippen LogP contribution in [0.25, 0.3) is 0 Å². The summed E-state index contributed by atoms with van der Waals surface area (Å²) in [7, 11) is 0. The smallest absolute Gasteiger partial charge is 0.350 e. The summed E-state index contributed by atoms with van der Waals surface area (Å²) in [6.07, 6.45) is -3.55. The van der Waals surface area contributed by atoms with Crippen molar-refractivity contribution >= 4 is 30.7 Å². The van der Waals surface area contributed by atoms with Crippen molar-refractivity contribution in [2.24, 2.45) is 0 Å². The maximum Gasteiger partial charge on any atom is 0.416 e. The number of hydrogen-bond donors (Lipinski definition) is 2. The van der Waals surface area contributed by atoms with Gasteiger partial charge in [-0.3, -0.25) is 9.69 Å². The van der Waals surface area contributed by atoms with Gasteiger partial charge in [-0.15, -0.1) is 24.8 Å². The minimum Gasteiger partial charge on any atom is -0.350 e. The van der Waals surface area contributed by atoms with Crippen LogP contribution in [0.4, 0.5) is 17.6 Å². The number of piperazine rings is 1. The number of nitrogens with zero attached hydrogens (tertiary/aromatic N) is 1. The van der Waals surface area contributed by atoms with E-state index in [1.165, 1.54) is 0 Å². The highest BCUT2D eigenvalue weighted by molar-refractivity contribution is 5.88. The quantitative estimate of drug-likeness (QED) is 0.637. The summed E-state index contributed by atoms with van der Waals surface area (Å²) in [5.41, 5.74) is 0.456. The second kappa shape index (κ2) is 10.4. The van der Waals surface area contributed by atoms with Crippen LogP contribution in [0, 0.1) is 5.82 Å². The third-order valence-electron chi connectivity index (χ3n) is 5.97. The van der Waals surface area contributed by atoms with Gasteiger partial charge in [0.1, 0.15) is 11.4 Å². The molecule has 4 nitrogen and oxygen atoms in total. The molecule has 2 aromatic carbocycles. The number of hydrogen-bond acceptors (Lipinski definition) is 3. The Morgan fingerprint density at radius 2 is 1.62 bits per heavy atom. The lowest BCUT2D eigenvalue weighted by Gasteiger charge is -2.42. The van der Waals surface area contributed by atoms with E-state index in [4.69, 9.17) is 0 Å². The summed E-state index contributed by atoms with van der Waals surface area (Å²) in [5.74, 6) is -1.21. The van der Waals surface area contributed by atoms with Gasteiger partial charge in [-0.1, -0.05) is 24.3 Å². The first kappa shape index (κ1) is 26.4. The van der Waals surface area contributed by atoms with Gasteiger partial charge in [0, 0.05) is 45.6 Å². The van der Waals surface area contributed by atoms with Crippen LogP contribution < -0.4 is 10.6 Å². The van der Waals surface area contributed by atoms with Crippen LogP contribution in [0.2, 0.25) is 0 Å². The van der Waals surface area contributed by atoms with E-state index < -0.39 is 23.1 Å². The van der Waals surface area contributed by atoms with Crippen LogP contribution >= 0.6 is 24.8 Å². The topological polar surface area (TPSA) is 44.4 Å². The Morgan fingerprint density at radius 1 is 1.03 bits per heavy atom. The molecule has 32 heavy (non-hydrogen) atoms. The standard InChI is InChI=1S/C22H23F4N3O.2ClH/c23-19-10-15(9-18(11-19)22(24,25)26)14-28-20(30)21(29-7-5-27-6-8-29)12-16-3-1-2-4-17(16)13-21;;/h1-4,9-11,27H,5-8,12-14H2,(H,28,30);2*1H. The fourth-order valence-corrected chi connectivity index (χ4v) is 4.48. The molecule has 2 aromatic rings. The Labute approximate surface area is 196 Å². The highest BCUT2D eigenvalue weighted by atomic mass is 35.5. The first-order chi connectivity index (χ1) is 14.3. The molecule has 1 saturated heterocycles. The predicted octanol–water partition coefficient (Wildman–Crippen LogP) is 3.75. The average molecular weight is 494 g/mol. The zero-order valence-electron chi connectivity index (χ0n) is 17.2. The molecular formula is C22H25Cl2F4N3O. The number of amides is 1. The summed E-state index contributed by atoms with van der Waals surface area (Å²) in [4.78, 5) is 15.5. The molecule has 1 fully saturated rings. The number of halogens is 6. The molecule has 176 valence electrons. The maximum atomic E-state index is 13.7. The maximum absolute atomic E-state index is 13.7. The van der Waals surface area contributed by atoms with Crippen LogP contribution in [0.3, 0.4) is 0 Å². The van der Waals surface area contributed by atoms with Gasteiger partial charge < -0.3 is 10.6 Å². The van der Waals surface area contributed by atoms with Crippen molar-refractivity contribution < 1.29 is 22.4 Å². The van der Waals surface area contributed by atoms with Crippen molar-refractivity contribution in [2.75, 3.05) is 26.2 Å². The van der Waals surface area contributed by atoms with Gasteiger partial charge in [0.15, 0.2) is 0 Å². The van der Waals surface area contributed by atoms with E-state index in [-0.39, 0.29) is 42.8 Å². The zero-order valence-corrected chi connectivity index (χ0v) is 18.8. The Hall–Kier alpha value is -1.87. The van der Waals surface area contributed by atoms with E-state index in [1.807, 2.05) is 24.3 Å². The summed E-state index contributed by atoms with van der Waals surface area (Å²) < 4.78 is 52.6. The number of carbonyl (C=O) groups excluding carboxylic acids is 1. The van der Waals surface area contributed by atoms with Crippen molar-refractivity contribution in [3.05, 3.63) is 70.5 Å². The highest BCUT2D eigenvalue weighted by Crippen LogP contribution is 2.35. The lowest BCUT2D eigenvalue weighted by atomic mass is 9.91. The first-order valence-electron chi connectivity index (χ1n) is 9.95. The van der Waals surface area contributed by atoms with E-state index in [1.54, 1.807) is 0 Å². The third kappa shape index (κ3) is 5.36. The molecule has 0 atom stereocenters. The second-order valence-electron chi connectivity index (χ2n) is 7.92. The summed E-state index contributed by atoms with van der Waals surface area (Å²) in [6.45, 7) is 2.79. The SMILES string of the molecule is Cl.Cl.O=C(NCc1cc(F)cc(C(F)(F)F)c1)C1(N2CCNCC2)Cc2ccccc2C1. The van der Waals surface area contributed by atoms with E-state index in [0.29, 0.717) is 32.0 Å². The molecule has 4 rings (SSSR count). The normalized spacial score (nSPS) is 17.6. The first-order valence-corrected chi connectivity index (χ1v) is 9.95. The molecule has 0 unspecified atom stereocenters. The van der Waals surface area contributed by atoms with Crippen molar-refractivity contribution in [3.8, 4) is 0 Å². The van der Waals surface area contributed by atoms with Crippen LogP contribution in [0.1, 0.15) is 22.3 Å². The van der Waals surface area contributed by atoms with E-state index in [2.05, 4.69) is 15.5 Å². The fraction of sp³-hybridized carbons (Fsp3) is 0.409. The number of fused-ring (bicyclic) bond motifs is 1. The Morgan fingerprint density at radius 3 is 2.19 bits per heavy atom. The van der Waals surface area contributed by atoms with Crippen LogP contribution in [-0.4, -0.2) is 42.5 Å². The van der Waals surface area contributed by atoms with Crippen molar-refractivity contribution in [2.45, 2.75) is 31.1 Å². The van der Waals surface area contributed by atoms with Gasteiger partial charge in [-0.05, 0) is 34.9 Å². The third-order valence-corrected chi connectivity index (χ3v) is 5.97. The molecule has 0 aromatic heterocycles. The zero-order chi connectivity index (χ0) is 21.4. The molecular weight excluding hydrogens is 469 g/mol. The monoisotopic (exact) mass is 493 g/mol. The van der Waals surface area contributed by atoms with Crippen molar-refractivity contribution in [3.63, 3.8) is 0 Å². The largest absolute Gasteiger partial charge is 0.416 e. The Kier molecular flexibility index (Phi) is 8.56. The second-order valence-corrected chi connectivity index (χ2v) is 7.92. The minimum absolute atomic E-state index is 0.